The zero-order valence-electron chi connectivity index (χ0n) is 21.4. The highest BCUT2D eigenvalue weighted by molar-refractivity contribution is 6.74. The number of rotatable bonds is 14. The average Bonchev–Trinajstić information content (AvgIpc) is 3.03. The van der Waals surface area contributed by atoms with E-state index in [-0.39, 0.29) is 29.9 Å². The molecule has 0 heterocycles. The van der Waals surface area contributed by atoms with Crippen LogP contribution < -0.4 is 0 Å². The molecule has 1 aliphatic carbocycles. The lowest BCUT2D eigenvalue weighted by molar-refractivity contribution is -0.136. The van der Waals surface area contributed by atoms with E-state index in [4.69, 9.17) is 9.53 Å². The second-order valence-electron chi connectivity index (χ2n) is 10.8. The van der Waals surface area contributed by atoms with Crippen LogP contribution in [0.25, 0.3) is 0 Å². The van der Waals surface area contributed by atoms with Gasteiger partial charge in [-0.2, -0.15) is 13.2 Å². The zero-order valence-corrected chi connectivity index (χ0v) is 22.4. The summed E-state index contributed by atoms with van der Waals surface area (Å²) in [6.45, 7) is 10.8. The molecule has 0 aromatic rings. The summed E-state index contributed by atoms with van der Waals surface area (Å²) in [6.07, 6.45) is 4.67. The lowest BCUT2D eigenvalue weighted by atomic mass is 9.90. The fraction of sp³-hybridized carbons (Fsp3) is 0.769. The van der Waals surface area contributed by atoms with Crippen LogP contribution in [-0.2, 0) is 9.22 Å². The smallest absolute Gasteiger partial charge is 0.389 e. The summed E-state index contributed by atoms with van der Waals surface area (Å²) in [5.74, 6) is -0.860. The first-order valence-electron chi connectivity index (χ1n) is 12.3. The topological polar surface area (TPSA) is 66.8 Å². The number of aliphatic carboxylic acids is 1. The number of hydrogen-bond acceptors (Lipinski definition) is 3. The predicted octanol–water partition coefficient (Wildman–Crippen LogP) is 7.55. The monoisotopic (exact) mass is 504 g/mol. The van der Waals surface area contributed by atoms with E-state index in [2.05, 4.69) is 45.7 Å². The van der Waals surface area contributed by atoms with Gasteiger partial charge in [-0.3, -0.25) is 4.79 Å². The average molecular weight is 505 g/mol. The fourth-order valence-electron chi connectivity index (χ4n) is 3.96. The molecule has 0 saturated carbocycles. The third kappa shape index (κ3) is 11.9. The van der Waals surface area contributed by atoms with Gasteiger partial charge in [0.2, 0.25) is 0 Å². The van der Waals surface area contributed by atoms with Crippen molar-refractivity contribution in [3.63, 3.8) is 0 Å². The molecule has 0 fully saturated rings. The van der Waals surface area contributed by atoms with Crippen LogP contribution in [0.5, 0.6) is 0 Å². The Balaban J connectivity index is 2.71. The van der Waals surface area contributed by atoms with Crippen LogP contribution in [0.2, 0.25) is 18.1 Å². The number of carboxylic acid groups (broad SMARTS) is 1. The Morgan fingerprint density at radius 3 is 2.50 bits per heavy atom. The van der Waals surface area contributed by atoms with Crippen LogP contribution in [-0.4, -0.2) is 42.9 Å². The predicted molar refractivity (Wildman–Crippen MR) is 132 cm³/mol. The minimum Gasteiger partial charge on any atom is -0.481 e. The zero-order chi connectivity index (χ0) is 26.0. The highest BCUT2D eigenvalue weighted by Crippen LogP contribution is 2.40. The molecule has 1 rings (SSSR count). The van der Waals surface area contributed by atoms with Gasteiger partial charge in [-0.1, -0.05) is 38.8 Å². The van der Waals surface area contributed by atoms with Crippen molar-refractivity contribution >= 4 is 14.3 Å². The van der Waals surface area contributed by atoms with Crippen LogP contribution >= 0.6 is 0 Å². The molecule has 0 amide bonds. The Labute approximate surface area is 204 Å². The van der Waals surface area contributed by atoms with Gasteiger partial charge < -0.3 is 14.6 Å². The van der Waals surface area contributed by atoms with Crippen molar-refractivity contribution in [3.05, 3.63) is 29.5 Å². The molecule has 2 N–H and O–H groups in total. The first-order chi connectivity index (χ1) is 15.6. The highest BCUT2D eigenvalue weighted by atomic mass is 28.4. The molecule has 0 aromatic heterocycles. The van der Waals surface area contributed by atoms with E-state index >= 15 is 0 Å². The lowest BCUT2D eigenvalue weighted by Crippen LogP contribution is -2.44. The maximum absolute atomic E-state index is 12.6. The van der Waals surface area contributed by atoms with Crippen molar-refractivity contribution in [1.29, 1.82) is 0 Å². The maximum atomic E-state index is 12.6. The molecule has 34 heavy (non-hydrogen) atoms. The maximum Gasteiger partial charge on any atom is 0.389 e. The Kier molecular flexibility index (Phi) is 12.3. The van der Waals surface area contributed by atoms with Crippen molar-refractivity contribution in [2.24, 2.45) is 5.92 Å². The van der Waals surface area contributed by atoms with Crippen molar-refractivity contribution in [3.8, 4) is 0 Å². The molecule has 0 saturated heterocycles. The number of aliphatic hydroxyl groups excluding tert-OH is 1. The van der Waals surface area contributed by atoms with Gasteiger partial charge in [0.1, 0.15) is 0 Å². The molecule has 2 unspecified atom stereocenters. The van der Waals surface area contributed by atoms with Crippen molar-refractivity contribution in [2.45, 2.75) is 121 Å². The van der Waals surface area contributed by atoms with E-state index in [0.29, 0.717) is 25.7 Å². The molecule has 0 bridgehead atoms. The summed E-state index contributed by atoms with van der Waals surface area (Å²) in [6, 6.07) is 0. The number of carbonyl (C=O) groups is 1. The number of unbranched alkanes of at least 4 members (excludes halogenated alkanes) is 1. The van der Waals surface area contributed by atoms with Gasteiger partial charge in [0.05, 0.1) is 12.5 Å². The SMILES string of the molecule is CC(C)(C)[Si](C)(C)OC(CCCCC(F)(F)F)CCC1=CCC(O)[C@@H]1CCC=C=CCC(=O)O. The summed E-state index contributed by atoms with van der Waals surface area (Å²) in [7, 11) is -2.06. The van der Waals surface area contributed by atoms with Gasteiger partial charge >= 0.3 is 12.1 Å². The second-order valence-corrected chi connectivity index (χ2v) is 15.6. The standard InChI is InChI=1S/C26H43F3O4Si/c1-25(2,3)34(4,5)33-21(12-10-11-19-26(27,28)29)17-15-20-16-18-23(30)22(20)13-8-6-7-9-14-24(31)32/h6,9,16,21-23,30H,8,10-15,17-19H2,1-5H3,(H,31,32)/t7?,21?,22-,23?/m1/s1. The molecule has 0 aromatic carbocycles. The number of aliphatic hydroxyl groups is 1. The van der Waals surface area contributed by atoms with Crippen LogP contribution in [0.1, 0.15) is 85.0 Å². The van der Waals surface area contributed by atoms with E-state index in [1.165, 1.54) is 11.6 Å². The number of halogens is 3. The van der Waals surface area contributed by atoms with Gasteiger partial charge in [-0.15, -0.1) is 5.73 Å². The number of carboxylic acids is 1. The Bertz CT molecular complexity index is 731. The first kappa shape index (κ1) is 30.7. The van der Waals surface area contributed by atoms with Gasteiger partial charge in [0.25, 0.3) is 0 Å². The highest BCUT2D eigenvalue weighted by Gasteiger charge is 2.39. The summed E-state index contributed by atoms with van der Waals surface area (Å²) in [4.78, 5) is 10.5. The molecule has 3 atom stereocenters. The lowest BCUT2D eigenvalue weighted by Gasteiger charge is -2.39. The van der Waals surface area contributed by atoms with Gasteiger partial charge in [-0.05, 0) is 75.2 Å². The van der Waals surface area contributed by atoms with Crippen LogP contribution in [0.3, 0.4) is 0 Å². The Hall–Kier alpha value is -1.34. The van der Waals surface area contributed by atoms with Gasteiger partial charge in [0.15, 0.2) is 8.32 Å². The van der Waals surface area contributed by atoms with E-state index in [0.717, 1.165) is 19.3 Å². The molecule has 0 aliphatic heterocycles. The normalized spacial score (nSPS) is 20.0. The van der Waals surface area contributed by atoms with E-state index < -0.39 is 33.0 Å². The Morgan fingerprint density at radius 2 is 1.91 bits per heavy atom. The first-order valence-corrected chi connectivity index (χ1v) is 15.3. The molecule has 4 nitrogen and oxygen atoms in total. The van der Waals surface area contributed by atoms with Crippen LogP contribution in [0, 0.1) is 5.92 Å². The van der Waals surface area contributed by atoms with Crippen molar-refractivity contribution in [2.75, 3.05) is 0 Å². The third-order valence-electron chi connectivity index (χ3n) is 6.96. The van der Waals surface area contributed by atoms with E-state index in [9.17, 15) is 23.1 Å². The second kappa shape index (κ2) is 13.7. The molecular weight excluding hydrogens is 461 g/mol. The molecule has 0 radical (unpaired) electrons. The van der Waals surface area contributed by atoms with Crippen LogP contribution in [0.4, 0.5) is 13.2 Å². The summed E-state index contributed by atoms with van der Waals surface area (Å²) in [5, 5.41) is 19.1. The van der Waals surface area contributed by atoms with E-state index in [1.807, 2.05) is 0 Å². The van der Waals surface area contributed by atoms with Gasteiger partial charge in [0, 0.05) is 18.4 Å². The summed E-state index contributed by atoms with van der Waals surface area (Å²) < 4.78 is 44.3. The quantitative estimate of drug-likeness (QED) is 0.111. The minimum atomic E-state index is -4.12. The number of alkyl halides is 3. The molecule has 196 valence electrons. The third-order valence-corrected chi connectivity index (χ3v) is 11.5. The van der Waals surface area contributed by atoms with Gasteiger partial charge in [-0.25, -0.2) is 0 Å². The largest absolute Gasteiger partial charge is 0.481 e. The molecule has 0 spiro atoms. The van der Waals surface area contributed by atoms with Crippen molar-refractivity contribution < 1.29 is 32.6 Å². The molecule has 8 heteroatoms. The van der Waals surface area contributed by atoms with Crippen LogP contribution in [0.15, 0.2) is 29.5 Å². The summed E-state index contributed by atoms with van der Waals surface area (Å²) >= 11 is 0. The minimum absolute atomic E-state index is 0.0169. The summed E-state index contributed by atoms with van der Waals surface area (Å²) in [5.41, 5.74) is 4.06. The molecular formula is C26H43F3O4Si. The van der Waals surface area contributed by atoms with Crippen molar-refractivity contribution in [1.82, 2.24) is 0 Å². The Morgan fingerprint density at radius 1 is 1.24 bits per heavy atom. The number of hydrogen-bond donors (Lipinski definition) is 2. The molecule has 1 aliphatic rings. The fourth-order valence-corrected chi connectivity index (χ4v) is 5.38. The van der Waals surface area contributed by atoms with E-state index in [1.54, 1.807) is 6.08 Å².